The Morgan fingerprint density at radius 2 is 1.74 bits per heavy atom. The van der Waals surface area contributed by atoms with Crippen LogP contribution in [0.15, 0.2) is 29.2 Å². The fourth-order valence-corrected chi connectivity index (χ4v) is 2.35. The zero-order valence-electron chi connectivity index (χ0n) is 11.6. The van der Waals surface area contributed by atoms with Crippen LogP contribution in [-0.2, 0) is 14.8 Å². The molecule has 1 aromatic rings. The van der Waals surface area contributed by atoms with Crippen molar-refractivity contribution in [3.8, 4) is 0 Å². The highest BCUT2D eigenvalue weighted by Crippen LogP contribution is 2.15. The van der Waals surface area contributed by atoms with E-state index < -0.39 is 21.5 Å². The number of hydrogen-bond donors (Lipinski definition) is 2. The summed E-state index contributed by atoms with van der Waals surface area (Å²) in [6.07, 6.45) is 0. The van der Waals surface area contributed by atoms with Gasteiger partial charge in [0, 0.05) is 0 Å². The molecule has 0 aliphatic rings. The van der Waals surface area contributed by atoms with Crippen molar-refractivity contribution in [2.24, 2.45) is 11.7 Å². The van der Waals surface area contributed by atoms with Crippen LogP contribution in [0.2, 0.25) is 0 Å². The average molecular weight is 284 g/mol. The SMILES string of the molecule is Cc1ccc(S(=O)(=O)NC(=O)C(C)(N)C(C)C)cc1. The van der Waals surface area contributed by atoms with E-state index in [1.54, 1.807) is 26.0 Å². The second kappa shape index (κ2) is 5.30. The fourth-order valence-electron chi connectivity index (χ4n) is 1.27. The lowest BCUT2D eigenvalue weighted by Crippen LogP contribution is -2.56. The van der Waals surface area contributed by atoms with E-state index in [0.717, 1.165) is 5.56 Å². The number of aryl methyl sites for hydroxylation is 1. The van der Waals surface area contributed by atoms with Crippen LogP contribution in [0.1, 0.15) is 26.3 Å². The van der Waals surface area contributed by atoms with E-state index in [4.69, 9.17) is 5.73 Å². The molecule has 1 amide bonds. The van der Waals surface area contributed by atoms with Crippen molar-refractivity contribution in [2.45, 2.75) is 38.1 Å². The molecule has 0 radical (unpaired) electrons. The van der Waals surface area contributed by atoms with Gasteiger partial charge in [0.05, 0.1) is 10.4 Å². The number of sulfonamides is 1. The third kappa shape index (κ3) is 3.54. The first-order valence-corrected chi connectivity index (χ1v) is 7.48. The highest BCUT2D eigenvalue weighted by Gasteiger charge is 2.34. The summed E-state index contributed by atoms with van der Waals surface area (Å²) in [7, 11) is -3.87. The minimum atomic E-state index is -3.87. The zero-order chi connectivity index (χ0) is 14.8. The van der Waals surface area contributed by atoms with Crippen molar-refractivity contribution >= 4 is 15.9 Å². The molecule has 0 heterocycles. The Hall–Kier alpha value is -1.40. The Kier molecular flexibility index (Phi) is 4.37. The number of nitrogens with two attached hydrogens (primary N) is 1. The van der Waals surface area contributed by atoms with Gasteiger partial charge in [0.1, 0.15) is 0 Å². The molecule has 0 fully saturated rings. The summed E-state index contributed by atoms with van der Waals surface area (Å²) in [6.45, 7) is 6.89. The van der Waals surface area contributed by atoms with Crippen LogP contribution in [0.5, 0.6) is 0 Å². The van der Waals surface area contributed by atoms with Crippen molar-refractivity contribution in [1.82, 2.24) is 4.72 Å². The minimum Gasteiger partial charge on any atom is -0.317 e. The van der Waals surface area contributed by atoms with Gasteiger partial charge in [-0.3, -0.25) is 4.79 Å². The summed E-state index contributed by atoms with van der Waals surface area (Å²) in [6, 6.07) is 6.24. The van der Waals surface area contributed by atoms with E-state index in [2.05, 4.69) is 0 Å². The molecule has 5 nitrogen and oxygen atoms in total. The van der Waals surface area contributed by atoms with Crippen LogP contribution < -0.4 is 10.5 Å². The third-order valence-corrected chi connectivity index (χ3v) is 4.59. The van der Waals surface area contributed by atoms with Crippen molar-refractivity contribution in [1.29, 1.82) is 0 Å². The standard InChI is InChI=1S/C13H20N2O3S/c1-9(2)13(4,14)12(16)15-19(17,18)11-7-5-10(3)6-8-11/h5-9H,14H2,1-4H3,(H,15,16). The second-order valence-electron chi connectivity index (χ2n) is 5.19. The van der Waals surface area contributed by atoms with Crippen LogP contribution in [0.25, 0.3) is 0 Å². The molecular weight excluding hydrogens is 264 g/mol. The Morgan fingerprint density at radius 1 is 1.26 bits per heavy atom. The number of rotatable bonds is 4. The molecular formula is C13H20N2O3S. The maximum absolute atomic E-state index is 12.0. The van der Waals surface area contributed by atoms with Crippen LogP contribution >= 0.6 is 0 Å². The lowest BCUT2D eigenvalue weighted by molar-refractivity contribution is -0.125. The molecule has 1 aromatic carbocycles. The minimum absolute atomic E-state index is 0.0472. The first-order chi connectivity index (χ1) is 8.57. The Bertz CT molecular complexity index is 560. The smallest absolute Gasteiger partial charge is 0.264 e. The van der Waals surface area contributed by atoms with Gasteiger partial charge < -0.3 is 5.73 Å². The summed E-state index contributed by atoms with van der Waals surface area (Å²) in [5.74, 6) is -0.885. The molecule has 106 valence electrons. The number of hydrogen-bond acceptors (Lipinski definition) is 4. The molecule has 1 unspecified atom stereocenters. The van der Waals surface area contributed by atoms with Crippen molar-refractivity contribution in [2.75, 3.05) is 0 Å². The van der Waals surface area contributed by atoms with E-state index in [9.17, 15) is 13.2 Å². The highest BCUT2D eigenvalue weighted by atomic mass is 32.2. The molecule has 3 N–H and O–H groups in total. The quantitative estimate of drug-likeness (QED) is 0.868. The number of carbonyl (C=O) groups is 1. The van der Waals surface area contributed by atoms with Gasteiger partial charge in [-0.2, -0.15) is 0 Å². The summed E-state index contributed by atoms with van der Waals surface area (Å²) in [5.41, 5.74) is 5.54. The van der Waals surface area contributed by atoms with Crippen molar-refractivity contribution in [3.05, 3.63) is 29.8 Å². The molecule has 1 rings (SSSR count). The summed E-state index contributed by atoms with van der Waals surface area (Å²) >= 11 is 0. The summed E-state index contributed by atoms with van der Waals surface area (Å²) in [4.78, 5) is 12.0. The van der Waals surface area contributed by atoms with Gasteiger partial charge >= 0.3 is 0 Å². The van der Waals surface area contributed by atoms with Crippen molar-refractivity contribution < 1.29 is 13.2 Å². The van der Waals surface area contributed by atoms with Gasteiger partial charge in [0.2, 0.25) is 0 Å². The molecule has 0 aromatic heterocycles. The number of amides is 1. The number of carbonyl (C=O) groups excluding carboxylic acids is 1. The van der Waals surface area contributed by atoms with Gasteiger partial charge in [0.25, 0.3) is 15.9 Å². The topological polar surface area (TPSA) is 89.3 Å². The van der Waals surface area contributed by atoms with Crippen LogP contribution in [-0.4, -0.2) is 19.9 Å². The monoisotopic (exact) mass is 284 g/mol. The Morgan fingerprint density at radius 3 is 2.16 bits per heavy atom. The Labute approximate surface area is 114 Å². The predicted octanol–water partition coefficient (Wildman–Crippen LogP) is 1.17. The largest absolute Gasteiger partial charge is 0.317 e. The van der Waals surface area contributed by atoms with Crippen LogP contribution in [0.3, 0.4) is 0 Å². The maximum Gasteiger partial charge on any atom is 0.264 e. The molecule has 6 heteroatoms. The van der Waals surface area contributed by atoms with Gasteiger partial charge in [-0.1, -0.05) is 31.5 Å². The Balaban J connectivity index is 2.98. The molecule has 1 atom stereocenters. The summed E-state index contributed by atoms with van der Waals surface area (Å²) in [5, 5.41) is 0. The maximum atomic E-state index is 12.0. The first-order valence-electron chi connectivity index (χ1n) is 6.00. The molecule has 0 saturated heterocycles. The summed E-state index contributed by atoms with van der Waals surface area (Å²) < 4.78 is 26.1. The van der Waals surface area contributed by atoms with Gasteiger partial charge in [-0.15, -0.1) is 0 Å². The van der Waals surface area contributed by atoms with E-state index in [-0.39, 0.29) is 10.8 Å². The molecule has 0 aliphatic heterocycles. The number of nitrogens with one attached hydrogen (secondary N) is 1. The van der Waals surface area contributed by atoms with E-state index >= 15 is 0 Å². The molecule has 19 heavy (non-hydrogen) atoms. The van der Waals surface area contributed by atoms with E-state index in [1.807, 2.05) is 11.6 Å². The average Bonchev–Trinajstić information content (AvgIpc) is 2.28. The van der Waals surface area contributed by atoms with E-state index in [1.165, 1.54) is 19.1 Å². The predicted molar refractivity (Wildman–Crippen MR) is 73.9 cm³/mol. The zero-order valence-corrected chi connectivity index (χ0v) is 12.4. The van der Waals surface area contributed by atoms with Crippen LogP contribution in [0.4, 0.5) is 0 Å². The fraction of sp³-hybridized carbons (Fsp3) is 0.462. The highest BCUT2D eigenvalue weighted by molar-refractivity contribution is 7.90. The molecule has 0 spiro atoms. The lowest BCUT2D eigenvalue weighted by Gasteiger charge is -2.27. The van der Waals surface area contributed by atoms with Crippen molar-refractivity contribution in [3.63, 3.8) is 0 Å². The molecule has 0 bridgehead atoms. The second-order valence-corrected chi connectivity index (χ2v) is 6.87. The lowest BCUT2D eigenvalue weighted by atomic mass is 9.89. The molecule has 0 saturated carbocycles. The normalized spacial score (nSPS) is 15.1. The first kappa shape index (κ1) is 15.7. The number of benzene rings is 1. The van der Waals surface area contributed by atoms with Crippen LogP contribution in [0, 0.1) is 12.8 Å². The van der Waals surface area contributed by atoms with E-state index in [0.29, 0.717) is 0 Å². The third-order valence-electron chi connectivity index (χ3n) is 3.25. The molecule has 0 aliphatic carbocycles. The van der Waals surface area contributed by atoms with Gasteiger partial charge in [0.15, 0.2) is 0 Å². The van der Waals surface area contributed by atoms with Gasteiger partial charge in [-0.25, -0.2) is 13.1 Å². The van der Waals surface area contributed by atoms with Gasteiger partial charge in [-0.05, 0) is 31.9 Å².